The highest BCUT2D eigenvalue weighted by molar-refractivity contribution is 7.89. The zero-order chi connectivity index (χ0) is 21.2. The van der Waals surface area contributed by atoms with Gasteiger partial charge in [0.25, 0.3) is 0 Å². The van der Waals surface area contributed by atoms with Gasteiger partial charge in [-0.1, -0.05) is 0 Å². The molecule has 0 spiro atoms. The molecule has 0 amide bonds. The van der Waals surface area contributed by atoms with Crippen LogP contribution in [0.2, 0.25) is 0 Å². The molecule has 1 aliphatic heterocycles. The minimum atomic E-state index is -3.32. The van der Waals surface area contributed by atoms with Gasteiger partial charge in [0.2, 0.25) is 20.0 Å². The first-order valence-electron chi connectivity index (χ1n) is 9.62. The van der Waals surface area contributed by atoms with Crippen molar-refractivity contribution in [2.24, 2.45) is 4.99 Å². The fourth-order valence-electron chi connectivity index (χ4n) is 2.64. The molecular weight excluding hydrogens is 406 g/mol. The van der Waals surface area contributed by atoms with Gasteiger partial charge >= 0.3 is 0 Å². The summed E-state index contributed by atoms with van der Waals surface area (Å²) in [5.41, 5.74) is 0. The number of nitrogens with one attached hydrogen (secondary N) is 2. The topological polar surface area (TPSA) is 120 Å². The van der Waals surface area contributed by atoms with E-state index in [1.165, 1.54) is 4.31 Å². The third kappa shape index (κ3) is 10.0. The van der Waals surface area contributed by atoms with Crippen LogP contribution in [0.4, 0.5) is 0 Å². The van der Waals surface area contributed by atoms with Gasteiger partial charge in [0.05, 0.1) is 24.7 Å². The summed E-state index contributed by atoms with van der Waals surface area (Å²) in [6, 6.07) is 0. The molecular formula is C16H35N5O5S2. The molecule has 0 aromatic carbocycles. The van der Waals surface area contributed by atoms with E-state index >= 15 is 0 Å². The molecule has 1 heterocycles. The molecule has 0 atom stereocenters. The summed E-state index contributed by atoms with van der Waals surface area (Å²) < 4.78 is 56.3. The first kappa shape index (κ1) is 25.1. The van der Waals surface area contributed by atoms with E-state index in [2.05, 4.69) is 15.0 Å². The van der Waals surface area contributed by atoms with Gasteiger partial charge in [0.1, 0.15) is 0 Å². The average Bonchev–Trinajstić information content (AvgIpc) is 2.59. The zero-order valence-electron chi connectivity index (χ0n) is 17.3. The van der Waals surface area contributed by atoms with Crippen molar-refractivity contribution in [2.45, 2.75) is 33.3 Å². The molecule has 1 fully saturated rings. The molecule has 1 aliphatic rings. The maximum Gasteiger partial charge on any atom is 0.216 e. The Kier molecular flexibility index (Phi) is 10.7. The lowest BCUT2D eigenvalue weighted by Crippen LogP contribution is -2.54. The second-order valence-corrected chi connectivity index (χ2v) is 10.8. The van der Waals surface area contributed by atoms with E-state index < -0.39 is 20.0 Å². The van der Waals surface area contributed by atoms with Crippen molar-refractivity contribution in [1.82, 2.24) is 19.2 Å². The monoisotopic (exact) mass is 441 g/mol. The minimum Gasteiger partial charge on any atom is -0.378 e. The van der Waals surface area contributed by atoms with Crippen molar-refractivity contribution in [1.29, 1.82) is 0 Å². The Morgan fingerprint density at radius 3 is 2.32 bits per heavy atom. The molecule has 0 aromatic heterocycles. The van der Waals surface area contributed by atoms with Gasteiger partial charge in [-0.15, -0.1) is 0 Å². The molecule has 2 N–H and O–H groups in total. The summed E-state index contributed by atoms with van der Waals surface area (Å²) in [5.74, 6) is 0.717. The lowest BCUT2D eigenvalue weighted by atomic mass is 10.4. The number of hydrogen-bond donors (Lipinski definition) is 2. The number of ether oxygens (including phenoxy) is 1. The normalized spacial score (nSPS) is 17.3. The third-order valence-electron chi connectivity index (χ3n) is 4.02. The summed E-state index contributed by atoms with van der Waals surface area (Å²) in [4.78, 5) is 6.55. The zero-order valence-corrected chi connectivity index (χ0v) is 19.0. The van der Waals surface area contributed by atoms with Crippen molar-refractivity contribution >= 4 is 26.0 Å². The molecule has 12 heteroatoms. The second-order valence-electron chi connectivity index (χ2n) is 6.88. The number of nitrogens with zero attached hydrogens (tertiary/aromatic N) is 3. The summed E-state index contributed by atoms with van der Waals surface area (Å²) >= 11 is 0. The predicted octanol–water partition coefficient (Wildman–Crippen LogP) is -0.736. The largest absolute Gasteiger partial charge is 0.378 e. The van der Waals surface area contributed by atoms with Crippen molar-refractivity contribution in [3.8, 4) is 0 Å². The Morgan fingerprint density at radius 2 is 1.79 bits per heavy atom. The average molecular weight is 442 g/mol. The van der Waals surface area contributed by atoms with E-state index in [9.17, 15) is 16.8 Å². The Balaban J connectivity index is 2.51. The first-order chi connectivity index (χ1) is 13.0. The van der Waals surface area contributed by atoms with Crippen LogP contribution in [0.3, 0.4) is 0 Å². The predicted molar refractivity (Wildman–Crippen MR) is 111 cm³/mol. The van der Waals surface area contributed by atoms with Gasteiger partial charge in [-0.2, -0.15) is 4.31 Å². The molecule has 0 radical (unpaired) electrons. The van der Waals surface area contributed by atoms with Crippen molar-refractivity contribution in [3.05, 3.63) is 0 Å². The number of piperazine rings is 1. The van der Waals surface area contributed by atoms with E-state index in [1.54, 1.807) is 0 Å². The first-order valence-corrected chi connectivity index (χ1v) is 13.1. The molecule has 166 valence electrons. The molecule has 0 bridgehead atoms. The Hall–Kier alpha value is -0.950. The Bertz CT molecular complexity index is 686. The van der Waals surface area contributed by atoms with Gasteiger partial charge in [0, 0.05) is 45.8 Å². The van der Waals surface area contributed by atoms with Gasteiger partial charge in [-0.3, -0.25) is 4.99 Å². The van der Waals surface area contributed by atoms with Crippen LogP contribution < -0.4 is 10.0 Å². The number of rotatable bonds is 11. The number of sulfonamides is 2. The minimum absolute atomic E-state index is 0.00727. The van der Waals surface area contributed by atoms with E-state index in [4.69, 9.17) is 4.74 Å². The van der Waals surface area contributed by atoms with Crippen LogP contribution in [0, 0.1) is 0 Å². The molecule has 1 saturated heterocycles. The van der Waals surface area contributed by atoms with Crippen LogP contribution in [-0.4, -0.2) is 103 Å². The fourth-order valence-corrected chi connectivity index (χ4v) is 4.44. The van der Waals surface area contributed by atoms with Gasteiger partial charge in [-0.05, 0) is 27.2 Å². The molecule has 0 unspecified atom stereocenters. The highest BCUT2D eigenvalue weighted by atomic mass is 32.2. The quantitative estimate of drug-likeness (QED) is 0.246. The van der Waals surface area contributed by atoms with Gasteiger partial charge < -0.3 is 15.0 Å². The lowest BCUT2D eigenvalue weighted by Gasteiger charge is -2.36. The molecule has 0 aliphatic carbocycles. The summed E-state index contributed by atoms with van der Waals surface area (Å²) in [5, 5.41) is 3.21. The van der Waals surface area contributed by atoms with Crippen LogP contribution in [-0.2, 0) is 24.8 Å². The lowest BCUT2D eigenvalue weighted by molar-refractivity contribution is 0.0904. The molecule has 10 nitrogen and oxygen atoms in total. The Labute approximate surface area is 169 Å². The van der Waals surface area contributed by atoms with Crippen LogP contribution in [0.5, 0.6) is 0 Å². The molecule has 1 rings (SSSR count). The summed E-state index contributed by atoms with van der Waals surface area (Å²) in [6.07, 6.45) is 1.73. The van der Waals surface area contributed by atoms with Crippen LogP contribution in [0.15, 0.2) is 4.99 Å². The van der Waals surface area contributed by atoms with Gasteiger partial charge in [0.15, 0.2) is 5.96 Å². The van der Waals surface area contributed by atoms with E-state index in [-0.39, 0.29) is 18.5 Å². The van der Waals surface area contributed by atoms with E-state index in [1.807, 2.05) is 25.7 Å². The summed E-state index contributed by atoms with van der Waals surface area (Å²) in [7, 11) is -6.51. The van der Waals surface area contributed by atoms with E-state index in [0.717, 1.165) is 12.2 Å². The highest BCUT2D eigenvalue weighted by Gasteiger charge is 2.27. The van der Waals surface area contributed by atoms with Gasteiger partial charge in [-0.25, -0.2) is 21.6 Å². The second kappa shape index (κ2) is 11.9. The smallest absolute Gasteiger partial charge is 0.216 e. The SMILES string of the molecule is CCNC(=NCCCNS(C)(=O)=O)N1CCN(S(=O)(=O)CCOC(C)C)CC1. The molecule has 0 saturated carbocycles. The molecule has 28 heavy (non-hydrogen) atoms. The van der Waals surface area contributed by atoms with Crippen molar-refractivity contribution in [3.63, 3.8) is 0 Å². The van der Waals surface area contributed by atoms with Crippen LogP contribution >= 0.6 is 0 Å². The van der Waals surface area contributed by atoms with Crippen LogP contribution in [0.25, 0.3) is 0 Å². The number of aliphatic imine (C=N–C) groups is 1. The van der Waals surface area contributed by atoms with Crippen LogP contribution in [0.1, 0.15) is 27.2 Å². The highest BCUT2D eigenvalue weighted by Crippen LogP contribution is 2.09. The van der Waals surface area contributed by atoms with Crippen molar-refractivity contribution in [2.75, 3.05) is 64.4 Å². The maximum atomic E-state index is 12.4. The third-order valence-corrected chi connectivity index (χ3v) is 6.58. The number of guanidine groups is 1. The standard InChI is InChI=1S/C16H35N5O5S2/c1-5-17-16(18-7-6-8-19-27(4,22)23)20-9-11-21(12-10-20)28(24,25)14-13-26-15(2)3/h15,19H,5-14H2,1-4H3,(H,17,18). The fraction of sp³-hybridized carbons (Fsp3) is 0.938. The number of hydrogen-bond acceptors (Lipinski definition) is 6. The maximum absolute atomic E-state index is 12.4. The van der Waals surface area contributed by atoms with Crippen molar-refractivity contribution < 1.29 is 21.6 Å². The Morgan fingerprint density at radius 1 is 1.14 bits per heavy atom. The van der Waals surface area contributed by atoms with E-state index in [0.29, 0.717) is 52.2 Å². The summed E-state index contributed by atoms with van der Waals surface area (Å²) in [6.45, 7) is 9.37. The molecule has 0 aromatic rings.